The molecule has 2 atom stereocenters. The van der Waals surface area contributed by atoms with Gasteiger partial charge >= 0.3 is 17.9 Å². The zero-order chi connectivity index (χ0) is 47.0. The number of ether oxygens (including phenoxy) is 3. The van der Waals surface area contributed by atoms with Crippen LogP contribution in [0, 0.1) is 0 Å². The minimum Gasteiger partial charge on any atom is -0.477 e. The molecular weight excluding hydrogens is 799 g/mol. The Morgan fingerprint density at radius 3 is 1.30 bits per heavy atom. The number of rotatable bonds is 42. The number of carbonyl (C=O) groups is 3. The van der Waals surface area contributed by atoms with Gasteiger partial charge in [0.25, 0.3) is 0 Å². The number of carbonyl (C=O) groups excluding carboxylic acids is 2. The summed E-state index contributed by atoms with van der Waals surface area (Å²) in [7, 11) is 5.48. The smallest absolute Gasteiger partial charge is 0.362 e. The lowest BCUT2D eigenvalue weighted by molar-refractivity contribution is -0.887. The highest BCUT2D eigenvalue weighted by atomic mass is 16.6. The fourth-order valence-corrected chi connectivity index (χ4v) is 6.33. The maximum absolute atomic E-state index is 12.7. The topological polar surface area (TPSA) is 99.1 Å². The Kier molecular flexibility index (Phi) is 42.3. The van der Waals surface area contributed by atoms with Crippen LogP contribution in [-0.2, 0) is 28.6 Å². The highest BCUT2D eigenvalue weighted by Crippen LogP contribution is 2.11. The summed E-state index contributed by atoms with van der Waals surface area (Å²) in [6, 6.07) is -0.640. The van der Waals surface area contributed by atoms with Gasteiger partial charge in [0.15, 0.2) is 12.1 Å². The molecule has 0 bridgehead atoms. The van der Waals surface area contributed by atoms with Crippen molar-refractivity contribution in [2.75, 3.05) is 41.0 Å². The van der Waals surface area contributed by atoms with Crippen molar-refractivity contribution >= 4 is 17.9 Å². The van der Waals surface area contributed by atoms with E-state index in [1.807, 2.05) is 21.1 Å². The van der Waals surface area contributed by atoms with Crippen LogP contribution >= 0.6 is 0 Å². The Bertz CT molecular complexity index is 1450. The number of esters is 2. The number of quaternary nitrogens is 1. The van der Waals surface area contributed by atoms with E-state index in [1.165, 1.54) is 38.5 Å². The minimum absolute atomic E-state index is 0.0142. The van der Waals surface area contributed by atoms with Gasteiger partial charge in [0.05, 0.1) is 34.4 Å². The first kappa shape index (κ1) is 59.7. The summed E-state index contributed by atoms with van der Waals surface area (Å²) < 4.78 is 17.2. The van der Waals surface area contributed by atoms with Gasteiger partial charge in [0.2, 0.25) is 0 Å². The number of carboxylic acids is 1. The molecule has 1 N–H and O–H groups in total. The molecule has 0 aromatic carbocycles. The summed E-state index contributed by atoms with van der Waals surface area (Å²) in [6.45, 7) is 4.48. The van der Waals surface area contributed by atoms with Crippen molar-refractivity contribution in [3.63, 3.8) is 0 Å². The average molecular weight is 889 g/mol. The van der Waals surface area contributed by atoms with Gasteiger partial charge in [-0.3, -0.25) is 9.59 Å². The first-order chi connectivity index (χ1) is 31.1. The van der Waals surface area contributed by atoms with Gasteiger partial charge in [-0.1, -0.05) is 167 Å². The van der Waals surface area contributed by atoms with E-state index >= 15 is 0 Å². The summed E-state index contributed by atoms with van der Waals surface area (Å²) in [4.78, 5) is 37.1. The molecule has 360 valence electrons. The highest BCUT2D eigenvalue weighted by molar-refractivity contribution is 5.72. The number of unbranched alkanes of at least 4 members (excludes halogenated alkanes) is 8. The molecule has 0 spiro atoms. The maximum atomic E-state index is 12.7. The van der Waals surface area contributed by atoms with E-state index in [-0.39, 0.29) is 49.1 Å². The maximum Gasteiger partial charge on any atom is 0.362 e. The van der Waals surface area contributed by atoms with Gasteiger partial charge in [-0.25, -0.2) is 4.79 Å². The summed E-state index contributed by atoms with van der Waals surface area (Å²) in [5.74, 6) is -1.63. The number of hydrogen-bond donors (Lipinski definition) is 1. The van der Waals surface area contributed by atoms with Crippen molar-refractivity contribution in [2.45, 2.75) is 174 Å². The average Bonchev–Trinajstić information content (AvgIpc) is 3.26. The number of allylic oxidation sites excluding steroid dienone is 20. The summed E-state index contributed by atoms with van der Waals surface area (Å²) in [5, 5.41) is 9.64. The summed E-state index contributed by atoms with van der Waals surface area (Å²) >= 11 is 0. The number of carboxylic acid groups (broad SMARTS) is 1. The van der Waals surface area contributed by atoms with E-state index in [9.17, 15) is 19.5 Å². The molecule has 0 fully saturated rings. The quantitative estimate of drug-likeness (QED) is 0.0282. The van der Waals surface area contributed by atoms with Crippen LogP contribution in [0.25, 0.3) is 0 Å². The molecule has 0 radical (unpaired) electrons. The molecule has 0 aliphatic heterocycles. The van der Waals surface area contributed by atoms with Crippen molar-refractivity contribution in [2.24, 2.45) is 0 Å². The third-order valence-electron chi connectivity index (χ3n) is 10.1. The fourth-order valence-electron chi connectivity index (χ4n) is 6.33. The second-order valence-electron chi connectivity index (χ2n) is 17.0. The zero-order valence-electron chi connectivity index (χ0n) is 40.9. The largest absolute Gasteiger partial charge is 0.477 e. The van der Waals surface area contributed by atoms with Crippen molar-refractivity contribution in [1.29, 1.82) is 0 Å². The molecule has 0 aromatic rings. The molecule has 8 nitrogen and oxygen atoms in total. The molecule has 0 rings (SSSR count). The summed E-state index contributed by atoms with van der Waals surface area (Å²) in [5.41, 5.74) is 0. The predicted molar refractivity (Wildman–Crippen MR) is 270 cm³/mol. The monoisotopic (exact) mass is 889 g/mol. The Morgan fingerprint density at radius 2 is 0.875 bits per heavy atom. The Morgan fingerprint density at radius 1 is 0.484 bits per heavy atom. The van der Waals surface area contributed by atoms with Crippen LogP contribution in [0.3, 0.4) is 0 Å². The van der Waals surface area contributed by atoms with E-state index in [0.717, 1.165) is 77.0 Å². The molecule has 64 heavy (non-hydrogen) atoms. The van der Waals surface area contributed by atoms with Crippen molar-refractivity contribution < 1.29 is 38.2 Å². The van der Waals surface area contributed by atoms with Crippen molar-refractivity contribution in [3.05, 3.63) is 122 Å². The second-order valence-corrected chi connectivity index (χ2v) is 17.0. The molecule has 0 amide bonds. The number of likely N-dealkylation sites (N-methyl/N-ethyl adjacent to an activating group) is 1. The van der Waals surface area contributed by atoms with Crippen LogP contribution in [0.15, 0.2) is 122 Å². The predicted octanol–water partition coefficient (Wildman–Crippen LogP) is 14.2. The van der Waals surface area contributed by atoms with E-state index in [4.69, 9.17) is 14.2 Å². The van der Waals surface area contributed by atoms with Crippen molar-refractivity contribution in [3.8, 4) is 0 Å². The van der Waals surface area contributed by atoms with Gasteiger partial charge in [-0.2, -0.15) is 0 Å². The molecular formula is C56H90NO7+. The molecule has 0 heterocycles. The molecule has 0 saturated carbocycles. The first-order valence-electron chi connectivity index (χ1n) is 24.6. The highest BCUT2D eigenvalue weighted by Gasteiger charge is 2.31. The molecule has 2 unspecified atom stereocenters. The van der Waals surface area contributed by atoms with Crippen molar-refractivity contribution in [1.82, 2.24) is 0 Å². The van der Waals surface area contributed by atoms with Crippen LogP contribution in [-0.4, -0.2) is 80.6 Å². The standard InChI is InChI=1S/C56H89NO7/c1-6-8-10-12-14-16-18-20-22-24-25-26-27-28-29-31-32-34-36-38-40-42-44-46-54(58)63-51-52(50-62-49-48-53(56(60)61)57(3,4)5)64-55(59)47-45-43-41-39-37-35-33-30-23-21-19-17-15-13-11-9-7-2/h8,10,14,16,20-23,25-26,28-29,32-35,38-41,52-53H,6-7,9,11-13,15,17-19,24,27,30-31,36-37,42-51H2,1-5H3/p+1/b10-8+,16-14+,22-20+,23-21+,26-25+,29-28+,34-32+,35-33+,40-38+,41-39+. The summed E-state index contributed by atoms with van der Waals surface area (Å²) in [6.07, 6.45) is 64.1. The third kappa shape index (κ3) is 43.0. The van der Waals surface area contributed by atoms with E-state index in [0.29, 0.717) is 19.3 Å². The number of hydrogen-bond acceptors (Lipinski definition) is 6. The van der Waals surface area contributed by atoms with E-state index in [1.54, 1.807) is 0 Å². The van der Waals surface area contributed by atoms with Crippen LogP contribution in [0.4, 0.5) is 0 Å². The van der Waals surface area contributed by atoms with Gasteiger partial charge in [0, 0.05) is 19.3 Å². The normalized spacial score (nSPS) is 14.0. The number of nitrogens with zero attached hydrogens (tertiary/aromatic N) is 1. The molecule has 8 heteroatoms. The Labute approximate surface area is 391 Å². The lowest BCUT2D eigenvalue weighted by Gasteiger charge is -2.31. The van der Waals surface area contributed by atoms with Crippen LogP contribution < -0.4 is 0 Å². The van der Waals surface area contributed by atoms with E-state index < -0.39 is 18.1 Å². The van der Waals surface area contributed by atoms with Gasteiger partial charge < -0.3 is 23.8 Å². The van der Waals surface area contributed by atoms with Crippen LogP contribution in [0.2, 0.25) is 0 Å². The van der Waals surface area contributed by atoms with E-state index in [2.05, 4.69) is 135 Å². The molecule has 0 aromatic heterocycles. The number of aliphatic carboxylic acids is 1. The molecule has 0 aliphatic carbocycles. The first-order valence-corrected chi connectivity index (χ1v) is 24.6. The molecule has 0 aliphatic rings. The zero-order valence-corrected chi connectivity index (χ0v) is 40.9. The van der Waals surface area contributed by atoms with Gasteiger partial charge in [-0.15, -0.1) is 0 Å². The fraction of sp³-hybridized carbons (Fsp3) is 0.589. The molecule has 0 saturated heterocycles. The van der Waals surface area contributed by atoms with Gasteiger partial charge in [-0.05, 0) is 96.3 Å². The third-order valence-corrected chi connectivity index (χ3v) is 10.1. The SMILES string of the molecule is CC/C=C/C/C=C/C/C=C/C/C=C/C/C=C/C/C=C/C/C=C/CCCC(=O)OCC(COCCC(C(=O)O)[N+](C)(C)C)OC(=O)CCC/C=C/C/C=C/C/C=C/CCCCCCCC. The second kappa shape index (κ2) is 45.3. The Hall–Kier alpha value is -4.27. The van der Waals surface area contributed by atoms with Crippen LogP contribution in [0.5, 0.6) is 0 Å². The minimum atomic E-state index is -0.895. The lowest BCUT2D eigenvalue weighted by atomic mass is 10.1. The van der Waals surface area contributed by atoms with Gasteiger partial charge in [0.1, 0.15) is 6.61 Å². The lowest BCUT2D eigenvalue weighted by Crippen LogP contribution is -2.50. The Balaban J connectivity index is 4.49. The van der Waals surface area contributed by atoms with Crippen LogP contribution in [0.1, 0.15) is 162 Å².